The Labute approximate surface area is 197 Å². The van der Waals surface area contributed by atoms with E-state index >= 15 is 0 Å². The lowest BCUT2D eigenvalue weighted by Gasteiger charge is -2.18. The molecule has 0 saturated heterocycles. The minimum absolute atomic E-state index is 0.0501. The summed E-state index contributed by atoms with van der Waals surface area (Å²) in [7, 11) is 0. The Kier molecular flexibility index (Phi) is 8.73. The number of nitro benzene ring substituents is 1. The number of amides is 2. The van der Waals surface area contributed by atoms with E-state index in [-0.39, 0.29) is 18.4 Å². The van der Waals surface area contributed by atoms with Crippen LogP contribution < -0.4 is 10.6 Å². The Morgan fingerprint density at radius 2 is 1.59 bits per heavy atom. The van der Waals surface area contributed by atoms with Crippen molar-refractivity contribution in [1.29, 1.82) is 0 Å². The van der Waals surface area contributed by atoms with Crippen LogP contribution in [0.15, 0.2) is 78.9 Å². The summed E-state index contributed by atoms with van der Waals surface area (Å²) in [5.41, 5.74) is 1.51. The molecule has 1 atom stereocenters. The van der Waals surface area contributed by atoms with Crippen LogP contribution in [-0.2, 0) is 11.2 Å². The zero-order valence-electron chi connectivity index (χ0n) is 18.6. The van der Waals surface area contributed by atoms with Gasteiger partial charge in [0.25, 0.3) is 5.91 Å². The molecule has 0 heterocycles. The van der Waals surface area contributed by atoms with E-state index in [1.54, 1.807) is 30.3 Å². The number of nitrogens with one attached hydrogen (secondary N) is 2. The van der Waals surface area contributed by atoms with Gasteiger partial charge in [0.15, 0.2) is 5.75 Å². The Bertz CT molecular complexity index is 1120. The number of rotatable bonds is 11. The van der Waals surface area contributed by atoms with Crippen molar-refractivity contribution in [1.82, 2.24) is 10.6 Å². The zero-order chi connectivity index (χ0) is 24.3. The number of aryl methyl sites for hydroxylation is 1. The summed E-state index contributed by atoms with van der Waals surface area (Å²) in [6, 6.07) is 22.4. The normalized spacial score (nSPS) is 11.4. The second-order valence-corrected chi connectivity index (χ2v) is 7.87. The molecule has 3 rings (SSSR count). The SMILES string of the molecule is O=C(NCC(C(=O)NCCCCc1ccccc1)c1ccc(O)c([N+](=O)[O-])c1)c1ccccc1. The second kappa shape index (κ2) is 12.2. The molecule has 0 spiro atoms. The third-order valence-corrected chi connectivity index (χ3v) is 5.45. The quantitative estimate of drug-likeness (QED) is 0.227. The largest absolute Gasteiger partial charge is 0.502 e. The minimum atomic E-state index is -0.860. The Balaban J connectivity index is 1.65. The van der Waals surface area contributed by atoms with E-state index in [0.717, 1.165) is 19.3 Å². The third kappa shape index (κ3) is 6.90. The zero-order valence-corrected chi connectivity index (χ0v) is 18.6. The average molecular weight is 462 g/mol. The molecular formula is C26H27N3O5. The highest BCUT2D eigenvalue weighted by molar-refractivity contribution is 5.94. The molecular weight excluding hydrogens is 434 g/mol. The van der Waals surface area contributed by atoms with Gasteiger partial charge < -0.3 is 15.7 Å². The summed E-state index contributed by atoms with van der Waals surface area (Å²) >= 11 is 0. The first kappa shape index (κ1) is 24.4. The van der Waals surface area contributed by atoms with Crippen LogP contribution in [0.4, 0.5) is 5.69 Å². The molecule has 3 N–H and O–H groups in total. The predicted octanol–water partition coefficient (Wildman–Crippen LogP) is 3.95. The fraction of sp³-hybridized carbons (Fsp3) is 0.231. The molecule has 2 amide bonds. The summed E-state index contributed by atoms with van der Waals surface area (Å²) in [5.74, 6) is -2.05. The number of hydrogen-bond donors (Lipinski definition) is 3. The van der Waals surface area contributed by atoms with Crippen LogP contribution >= 0.6 is 0 Å². The maximum absolute atomic E-state index is 13.0. The first-order chi connectivity index (χ1) is 16.5. The highest BCUT2D eigenvalue weighted by atomic mass is 16.6. The number of benzene rings is 3. The van der Waals surface area contributed by atoms with Gasteiger partial charge in [-0.25, -0.2) is 0 Å². The molecule has 0 radical (unpaired) electrons. The van der Waals surface area contributed by atoms with Crippen LogP contribution in [0.1, 0.15) is 40.2 Å². The number of nitrogens with zero attached hydrogens (tertiary/aromatic N) is 1. The van der Waals surface area contributed by atoms with Crippen LogP contribution in [0.3, 0.4) is 0 Å². The second-order valence-electron chi connectivity index (χ2n) is 7.87. The molecule has 0 fully saturated rings. The standard InChI is InChI=1S/C26H27N3O5/c30-24-15-14-21(17-23(24)29(33)34)22(18-28-25(31)20-12-5-2-6-13-20)26(32)27-16-8-7-11-19-9-3-1-4-10-19/h1-6,9-10,12-15,17,22,30H,7-8,11,16,18H2,(H,27,32)(H,28,31). The molecule has 8 heteroatoms. The number of carbonyl (C=O) groups is 2. The minimum Gasteiger partial charge on any atom is -0.502 e. The first-order valence-corrected chi connectivity index (χ1v) is 11.1. The van der Waals surface area contributed by atoms with Gasteiger partial charge in [0.1, 0.15) is 0 Å². The number of nitro groups is 1. The van der Waals surface area contributed by atoms with Crippen LogP contribution in [0, 0.1) is 10.1 Å². The van der Waals surface area contributed by atoms with E-state index in [2.05, 4.69) is 22.8 Å². The van der Waals surface area contributed by atoms with Gasteiger partial charge in [0.2, 0.25) is 5.91 Å². The van der Waals surface area contributed by atoms with Crippen molar-refractivity contribution in [2.45, 2.75) is 25.2 Å². The van der Waals surface area contributed by atoms with Gasteiger partial charge in [-0.2, -0.15) is 0 Å². The van der Waals surface area contributed by atoms with Gasteiger partial charge >= 0.3 is 5.69 Å². The summed E-state index contributed by atoms with van der Waals surface area (Å²) in [6.45, 7) is 0.389. The fourth-order valence-corrected chi connectivity index (χ4v) is 3.59. The molecule has 176 valence electrons. The third-order valence-electron chi connectivity index (χ3n) is 5.45. The van der Waals surface area contributed by atoms with Gasteiger partial charge in [-0.3, -0.25) is 19.7 Å². The number of hydrogen-bond acceptors (Lipinski definition) is 5. The lowest BCUT2D eigenvalue weighted by atomic mass is 9.96. The molecule has 8 nitrogen and oxygen atoms in total. The number of unbranched alkanes of at least 4 members (excludes halogenated alkanes) is 1. The summed E-state index contributed by atoms with van der Waals surface area (Å²) in [5, 5.41) is 26.6. The summed E-state index contributed by atoms with van der Waals surface area (Å²) in [4.78, 5) is 36.0. The van der Waals surface area contributed by atoms with Crippen molar-refractivity contribution in [2.75, 3.05) is 13.1 Å². The molecule has 0 aromatic heterocycles. The van der Waals surface area contributed by atoms with E-state index in [9.17, 15) is 24.8 Å². The number of carbonyl (C=O) groups excluding carboxylic acids is 2. The van der Waals surface area contributed by atoms with E-state index in [0.29, 0.717) is 17.7 Å². The van der Waals surface area contributed by atoms with E-state index < -0.39 is 22.3 Å². The molecule has 0 aliphatic rings. The number of aromatic hydroxyl groups is 1. The predicted molar refractivity (Wildman–Crippen MR) is 129 cm³/mol. The van der Waals surface area contributed by atoms with E-state index in [4.69, 9.17) is 0 Å². The van der Waals surface area contributed by atoms with Crippen molar-refractivity contribution >= 4 is 17.5 Å². The van der Waals surface area contributed by atoms with Gasteiger partial charge in [-0.05, 0) is 48.6 Å². The molecule has 3 aromatic carbocycles. The Hall–Kier alpha value is -4.20. The smallest absolute Gasteiger partial charge is 0.310 e. The topological polar surface area (TPSA) is 122 Å². The van der Waals surface area contributed by atoms with Crippen LogP contribution in [-0.4, -0.2) is 34.9 Å². The first-order valence-electron chi connectivity index (χ1n) is 11.1. The highest BCUT2D eigenvalue weighted by Gasteiger charge is 2.25. The maximum Gasteiger partial charge on any atom is 0.310 e. The average Bonchev–Trinajstić information content (AvgIpc) is 2.85. The van der Waals surface area contributed by atoms with E-state index in [1.165, 1.54) is 23.8 Å². The van der Waals surface area contributed by atoms with Crippen LogP contribution in [0.25, 0.3) is 0 Å². The molecule has 3 aromatic rings. The van der Waals surface area contributed by atoms with Crippen molar-refractivity contribution < 1.29 is 19.6 Å². The summed E-state index contributed by atoms with van der Waals surface area (Å²) < 4.78 is 0. The van der Waals surface area contributed by atoms with Crippen molar-refractivity contribution in [2.24, 2.45) is 0 Å². The van der Waals surface area contributed by atoms with Gasteiger partial charge in [0, 0.05) is 24.7 Å². The lowest BCUT2D eigenvalue weighted by molar-refractivity contribution is -0.385. The van der Waals surface area contributed by atoms with Gasteiger partial charge in [-0.15, -0.1) is 0 Å². The number of phenolic OH excluding ortho intramolecular Hbond substituents is 1. The van der Waals surface area contributed by atoms with Crippen LogP contribution in [0.2, 0.25) is 0 Å². The molecule has 1 unspecified atom stereocenters. The molecule has 0 aliphatic heterocycles. The van der Waals surface area contributed by atoms with Crippen LogP contribution in [0.5, 0.6) is 5.75 Å². The number of phenols is 1. The Morgan fingerprint density at radius 1 is 0.912 bits per heavy atom. The Morgan fingerprint density at radius 3 is 2.26 bits per heavy atom. The summed E-state index contributed by atoms with van der Waals surface area (Å²) in [6.07, 6.45) is 2.56. The highest BCUT2D eigenvalue weighted by Crippen LogP contribution is 2.29. The van der Waals surface area contributed by atoms with Gasteiger partial charge in [0.05, 0.1) is 10.8 Å². The molecule has 34 heavy (non-hydrogen) atoms. The monoisotopic (exact) mass is 461 g/mol. The fourth-order valence-electron chi connectivity index (χ4n) is 3.59. The molecule has 0 aliphatic carbocycles. The lowest BCUT2D eigenvalue weighted by Crippen LogP contribution is -2.38. The molecule has 0 saturated carbocycles. The van der Waals surface area contributed by atoms with E-state index in [1.807, 2.05) is 18.2 Å². The van der Waals surface area contributed by atoms with Crippen molar-refractivity contribution in [3.05, 3.63) is 106 Å². The van der Waals surface area contributed by atoms with Crippen molar-refractivity contribution in [3.63, 3.8) is 0 Å². The van der Waals surface area contributed by atoms with Gasteiger partial charge in [-0.1, -0.05) is 54.6 Å². The molecule has 0 bridgehead atoms. The maximum atomic E-state index is 13.0. The van der Waals surface area contributed by atoms with Crippen molar-refractivity contribution in [3.8, 4) is 5.75 Å².